The van der Waals surface area contributed by atoms with Crippen LogP contribution in [0.2, 0.25) is 0 Å². The number of amides is 2. The molecule has 2 amide bonds. The number of hydrogen-bond donors (Lipinski definition) is 1. The number of nitrogens with zero attached hydrogens (tertiary/aromatic N) is 1. The fourth-order valence-electron chi connectivity index (χ4n) is 3.68. The minimum atomic E-state index is -0.605. The van der Waals surface area contributed by atoms with Crippen LogP contribution in [0, 0.1) is 13.8 Å². The van der Waals surface area contributed by atoms with Crippen molar-refractivity contribution in [2.24, 2.45) is 0 Å². The van der Waals surface area contributed by atoms with E-state index in [4.69, 9.17) is 0 Å². The maximum atomic E-state index is 13.3. The third-order valence-electron chi connectivity index (χ3n) is 5.59. The van der Waals surface area contributed by atoms with Crippen LogP contribution in [0.25, 0.3) is 0 Å². The minimum Gasteiger partial charge on any atom is -0.343 e. The van der Waals surface area contributed by atoms with E-state index >= 15 is 0 Å². The van der Waals surface area contributed by atoms with Crippen molar-refractivity contribution in [2.45, 2.75) is 39.0 Å². The first kappa shape index (κ1) is 18.2. The van der Waals surface area contributed by atoms with Gasteiger partial charge in [0.25, 0.3) is 0 Å². The molecular formula is C22H26N2O2. The van der Waals surface area contributed by atoms with E-state index in [0.717, 1.165) is 16.8 Å². The molecule has 0 aromatic heterocycles. The van der Waals surface area contributed by atoms with Gasteiger partial charge in [-0.2, -0.15) is 0 Å². The van der Waals surface area contributed by atoms with E-state index in [1.54, 1.807) is 6.92 Å². The van der Waals surface area contributed by atoms with Crippen molar-refractivity contribution < 1.29 is 9.59 Å². The molecule has 2 aromatic carbocycles. The Labute approximate surface area is 155 Å². The standard InChI is InChI=1S/C22H26N2O2/c1-16-9-10-20(15-17(16)2)23-21(26)22(19-7-5-4-6-8-19)11-13-24(14-12-22)18(3)25/h4-10,15H,11-14H2,1-3H3,(H,23,26). The van der Waals surface area contributed by atoms with Crippen LogP contribution in [0.1, 0.15) is 36.5 Å². The summed E-state index contributed by atoms with van der Waals surface area (Å²) < 4.78 is 0. The van der Waals surface area contributed by atoms with Crippen molar-refractivity contribution in [2.75, 3.05) is 18.4 Å². The molecule has 4 heteroatoms. The predicted octanol–water partition coefficient (Wildman–Crippen LogP) is 3.82. The van der Waals surface area contributed by atoms with Gasteiger partial charge in [0.05, 0.1) is 5.41 Å². The quantitative estimate of drug-likeness (QED) is 0.915. The van der Waals surface area contributed by atoms with Gasteiger partial charge < -0.3 is 10.2 Å². The highest BCUT2D eigenvalue weighted by Crippen LogP contribution is 2.37. The number of nitrogens with one attached hydrogen (secondary N) is 1. The molecule has 136 valence electrons. The van der Waals surface area contributed by atoms with Crippen molar-refractivity contribution in [3.63, 3.8) is 0 Å². The van der Waals surface area contributed by atoms with Gasteiger partial charge in [-0.15, -0.1) is 0 Å². The van der Waals surface area contributed by atoms with Gasteiger partial charge in [-0.05, 0) is 55.5 Å². The summed E-state index contributed by atoms with van der Waals surface area (Å²) in [6, 6.07) is 15.9. The van der Waals surface area contributed by atoms with Gasteiger partial charge in [-0.1, -0.05) is 36.4 Å². The molecule has 3 rings (SSSR count). The first-order valence-electron chi connectivity index (χ1n) is 9.12. The highest BCUT2D eigenvalue weighted by Gasteiger charge is 2.43. The molecule has 1 heterocycles. The van der Waals surface area contributed by atoms with E-state index in [1.807, 2.05) is 60.4 Å². The molecule has 0 bridgehead atoms. The van der Waals surface area contributed by atoms with E-state index in [2.05, 4.69) is 12.2 Å². The van der Waals surface area contributed by atoms with Crippen LogP contribution in [0.15, 0.2) is 48.5 Å². The number of anilines is 1. The molecule has 0 aliphatic carbocycles. The lowest BCUT2D eigenvalue weighted by molar-refractivity contribution is -0.133. The first-order chi connectivity index (χ1) is 12.4. The third kappa shape index (κ3) is 3.50. The normalized spacial score (nSPS) is 16.2. The monoisotopic (exact) mass is 350 g/mol. The summed E-state index contributed by atoms with van der Waals surface area (Å²) in [6.45, 7) is 6.90. The van der Waals surface area contributed by atoms with Gasteiger partial charge in [0.1, 0.15) is 0 Å². The van der Waals surface area contributed by atoms with Crippen LogP contribution in [-0.2, 0) is 15.0 Å². The second-order valence-corrected chi connectivity index (χ2v) is 7.21. The van der Waals surface area contributed by atoms with Crippen LogP contribution in [0.3, 0.4) is 0 Å². The maximum absolute atomic E-state index is 13.3. The van der Waals surface area contributed by atoms with Crippen LogP contribution in [-0.4, -0.2) is 29.8 Å². The maximum Gasteiger partial charge on any atom is 0.235 e. The lowest BCUT2D eigenvalue weighted by Gasteiger charge is -2.40. The van der Waals surface area contributed by atoms with Crippen LogP contribution < -0.4 is 5.32 Å². The fourth-order valence-corrected chi connectivity index (χ4v) is 3.68. The van der Waals surface area contributed by atoms with Crippen molar-refractivity contribution in [3.05, 3.63) is 65.2 Å². The van der Waals surface area contributed by atoms with Crippen molar-refractivity contribution >= 4 is 17.5 Å². The molecule has 1 aliphatic rings. The summed E-state index contributed by atoms with van der Waals surface area (Å²) >= 11 is 0. The molecular weight excluding hydrogens is 324 g/mol. The molecule has 26 heavy (non-hydrogen) atoms. The number of benzene rings is 2. The molecule has 1 N–H and O–H groups in total. The number of likely N-dealkylation sites (tertiary alicyclic amines) is 1. The molecule has 0 radical (unpaired) electrons. The molecule has 1 saturated heterocycles. The predicted molar refractivity (Wildman–Crippen MR) is 104 cm³/mol. The van der Waals surface area contributed by atoms with E-state index in [1.165, 1.54) is 5.56 Å². The molecule has 1 fully saturated rings. The van der Waals surface area contributed by atoms with Gasteiger partial charge in [-0.3, -0.25) is 9.59 Å². The molecule has 0 saturated carbocycles. The molecule has 2 aromatic rings. The molecule has 0 spiro atoms. The van der Waals surface area contributed by atoms with Crippen LogP contribution in [0.4, 0.5) is 5.69 Å². The Hall–Kier alpha value is -2.62. The number of piperidine rings is 1. The Kier molecular flexibility index (Phi) is 5.12. The Morgan fingerprint density at radius 2 is 1.62 bits per heavy atom. The molecule has 0 unspecified atom stereocenters. The lowest BCUT2D eigenvalue weighted by Crippen LogP contribution is -2.50. The first-order valence-corrected chi connectivity index (χ1v) is 9.12. The number of aryl methyl sites for hydroxylation is 2. The highest BCUT2D eigenvalue weighted by molar-refractivity contribution is 5.99. The SMILES string of the molecule is CC(=O)N1CCC(C(=O)Nc2ccc(C)c(C)c2)(c2ccccc2)CC1. The molecule has 4 nitrogen and oxygen atoms in total. The van der Waals surface area contributed by atoms with Crippen LogP contribution >= 0.6 is 0 Å². The molecule has 0 atom stereocenters. The summed E-state index contributed by atoms with van der Waals surface area (Å²) in [5.41, 5.74) is 3.59. The van der Waals surface area contributed by atoms with E-state index < -0.39 is 5.41 Å². The number of hydrogen-bond acceptors (Lipinski definition) is 2. The summed E-state index contributed by atoms with van der Waals surface area (Å²) in [4.78, 5) is 26.9. The zero-order valence-corrected chi connectivity index (χ0v) is 15.7. The summed E-state index contributed by atoms with van der Waals surface area (Å²) in [5, 5.41) is 3.12. The lowest BCUT2D eigenvalue weighted by atomic mass is 9.72. The van der Waals surface area contributed by atoms with Gasteiger partial charge in [0, 0.05) is 25.7 Å². The zero-order valence-electron chi connectivity index (χ0n) is 15.7. The van der Waals surface area contributed by atoms with Crippen LogP contribution in [0.5, 0.6) is 0 Å². The van der Waals surface area contributed by atoms with E-state index in [9.17, 15) is 9.59 Å². The van der Waals surface area contributed by atoms with Gasteiger partial charge in [-0.25, -0.2) is 0 Å². The Balaban J connectivity index is 1.89. The molecule has 1 aliphatic heterocycles. The average molecular weight is 350 g/mol. The largest absolute Gasteiger partial charge is 0.343 e. The minimum absolute atomic E-state index is 0.00940. The van der Waals surface area contributed by atoms with Gasteiger partial charge in [0.2, 0.25) is 11.8 Å². The zero-order chi connectivity index (χ0) is 18.7. The second kappa shape index (κ2) is 7.32. The third-order valence-corrected chi connectivity index (χ3v) is 5.59. The van der Waals surface area contributed by atoms with Gasteiger partial charge >= 0.3 is 0 Å². The van der Waals surface area contributed by atoms with E-state index in [0.29, 0.717) is 25.9 Å². The van der Waals surface area contributed by atoms with Gasteiger partial charge in [0.15, 0.2) is 0 Å². The summed E-state index contributed by atoms with van der Waals surface area (Å²) in [7, 11) is 0. The number of carbonyl (C=O) groups is 2. The number of carbonyl (C=O) groups excluding carboxylic acids is 2. The van der Waals surface area contributed by atoms with Crippen molar-refractivity contribution in [1.82, 2.24) is 4.90 Å². The Bertz CT molecular complexity index is 806. The summed E-state index contributed by atoms with van der Waals surface area (Å²) in [5.74, 6) is 0.0800. The number of rotatable bonds is 3. The fraction of sp³-hybridized carbons (Fsp3) is 0.364. The average Bonchev–Trinajstić information content (AvgIpc) is 2.65. The Morgan fingerprint density at radius 3 is 2.19 bits per heavy atom. The van der Waals surface area contributed by atoms with E-state index in [-0.39, 0.29) is 11.8 Å². The Morgan fingerprint density at radius 1 is 0.962 bits per heavy atom. The topological polar surface area (TPSA) is 49.4 Å². The van der Waals surface area contributed by atoms with Crippen molar-refractivity contribution in [1.29, 1.82) is 0 Å². The smallest absolute Gasteiger partial charge is 0.235 e. The summed E-state index contributed by atoms with van der Waals surface area (Å²) in [6.07, 6.45) is 1.26. The highest BCUT2D eigenvalue weighted by atomic mass is 16.2. The van der Waals surface area contributed by atoms with Crippen molar-refractivity contribution in [3.8, 4) is 0 Å². The second-order valence-electron chi connectivity index (χ2n) is 7.21.